The van der Waals surface area contributed by atoms with Crippen molar-refractivity contribution in [1.29, 1.82) is 0 Å². The molecule has 0 fully saturated rings. The number of halogens is 2. The molecule has 0 aliphatic heterocycles. The van der Waals surface area contributed by atoms with Gasteiger partial charge in [0, 0.05) is 39.8 Å². The Morgan fingerprint density at radius 1 is 1.16 bits per heavy atom. The summed E-state index contributed by atoms with van der Waals surface area (Å²) in [5.41, 5.74) is 4.29. The van der Waals surface area contributed by atoms with Crippen LogP contribution < -0.4 is 0 Å². The third-order valence-electron chi connectivity index (χ3n) is 3.22. The molecule has 0 spiro atoms. The van der Waals surface area contributed by atoms with Crippen molar-refractivity contribution in [2.24, 2.45) is 0 Å². The second kappa shape index (κ2) is 4.87. The lowest BCUT2D eigenvalue weighted by Crippen LogP contribution is -1.94. The van der Waals surface area contributed by atoms with E-state index >= 15 is 0 Å². The topological polar surface area (TPSA) is 17.3 Å². The van der Waals surface area contributed by atoms with E-state index in [9.17, 15) is 0 Å². The van der Waals surface area contributed by atoms with Gasteiger partial charge in [-0.05, 0) is 30.2 Å². The van der Waals surface area contributed by atoms with Gasteiger partial charge in [-0.25, -0.2) is 4.98 Å². The van der Waals surface area contributed by atoms with Crippen molar-refractivity contribution in [3.05, 3.63) is 58.5 Å². The van der Waals surface area contributed by atoms with Crippen LogP contribution in [0.1, 0.15) is 12.5 Å². The van der Waals surface area contributed by atoms with E-state index in [4.69, 9.17) is 23.2 Å². The normalized spacial score (nSPS) is 11.1. The fourth-order valence-corrected chi connectivity index (χ4v) is 2.75. The summed E-state index contributed by atoms with van der Waals surface area (Å²) >= 11 is 12.3. The molecule has 0 radical (unpaired) electrons. The monoisotopic (exact) mass is 290 g/mol. The number of nitrogens with zero attached hydrogens (tertiary/aromatic N) is 2. The van der Waals surface area contributed by atoms with E-state index < -0.39 is 0 Å². The Hall–Kier alpha value is -1.51. The highest BCUT2D eigenvalue weighted by atomic mass is 35.5. The zero-order valence-electron chi connectivity index (χ0n) is 10.4. The quantitative estimate of drug-likeness (QED) is 0.658. The van der Waals surface area contributed by atoms with Crippen LogP contribution in [-0.2, 0) is 6.42 Å². The molecule has 0 unspecified atom stereocenters. The number of rotatable bonds is 2. The molecular formula is C15H12Cl2N2. The number of hydrogen-bond donors (Lipinski definition) is 0. The number of benzene rings is 1. The molecule has 0 aliphatic rings. The van der Waals surface area contributed by atoms with E-state index in [-0.39, 0.29) is 0 Å². The first-order valence-corrected chi connectivity index (χ1v) is 6.85. The van der Waals surface area contributed by atoms with Gasteiger partial charge in [-0.2, -0.15) is 0 Å². The van der Waals surface area contributed by atoms with E-state index in [2.05, 4.69) is 24.2 Å². The lowest BCUT2D eigenvalue weighted by Gasteiger charge is -2.11. The minimum Gasteiger partial charge on any atom is -0.306 e. The zero-order valence-corrected chi connectivity index (χ0v) is 11.9. The van der Waals surface area contributed by atoms with Crippen molar-refractivity contribution >= 4 is 28.8 Å². The van der Waals surface area contributed by atoms with Gasteiger partial charge in [-0.1, -0.05) is 36.2 Å². The summed E-state index contributed by atoms with van der Waals surface area (Å²) in [6.45, 7) is 2.13. The molecule has 0 amide bonds. The van der Waals surface area contributed by atoms with Crippen molar-refractivity contribution in [2.75, 3.05) is 0 Å². The lowest BCUT2D eigenvalue weighted by atomic mass is 10.0. The Balaban J connectivity index is 2.27. The van der Waals surface area contributed by atoms with Crippen LogP contribution in [0.3, 0.4) is 0 Å². The summed E-state index contributed by atoms with van der Waals surface area (Å²) in [6.07, 6.45) is 6.72. The standard InChI is InChI=1S/C15H12Cl2N2/c1-2-10-7-15-18-5-6-19(15)9-13(10)12-4-3-11(16)8-14(12)17/h3-9H,2H2,1H3. The summed E-state index contributed by atoms with van der Waals surface area (Å²) in [5.74, 6) is 0. The van der Waals surface area contributed by atoms with Gasteiger partial charge in [-0.15, -0.1) is 0 Å². The maximum atomic E-state index is 6.31. The number of pyridine rings is 1. The molecule has 96 valence electrons. The van der Waals surface area contributed by atoms with Crippen molar-refractivity contribution in [1.82, 2.24) is 9.38 Å². The molecular weight excluding hydrogens is 279 g/mol. The van der Waals surface area contributed by atoms with Gasteiger partial charge in [0.05, 0.1) is 0 Å². The van der Waals surface area contributed by atoms with Gasteiger partial charge in [-0.3, -0.25) is 0 Å². The Labute approximate surface area is 121 Å². The van der Waals surface area contributed by atoms with Gasteiger partial charge >= 0.3 is 0 Å². The summed E-state index contributed by atoms with van der Waals surface area (Å²) in [5, 5.41) is 1.32. The predicted molar refractivity (Wildman–Crippen MR) is 80.0 cm³/mol. The summed E-state index contributed by atoms with van der Waals surface area (Å²) < 4.78 is 2.00. The Kier molecular flexibility index (Phi) is 3.21. The molecule has 4 heteroatoms. The first kappa shape index (κ1) is 12.5. The highest BCUT2D eigenvalue weighted by molar-refractivity contribution is 6.36. The van der Waals surface area contributed by atoms with Gasteiger partial charge in [0.1, 0.15) is 5.65 Å². The van der Waals surface area contributed by atoms with E-state index in [1.807, 2.05) is 22.7 Å². The Morgan fingerprint density at radius 3 is 2.74 bits per heavy atom. The molecule has 1 aromatic carbocycles. The maximum absolute atomic E-state index is 6.31. The minimum absolute atomic E-state index is 0.649. The van der Waals surface area contributed by atoms with E-state index in [1.165, 1.54) is 5.56 Å². The third kappa shape index (κ3) is 2.22. The van der Waals surface area contributed by atoms with Crippen LogP contribution >= 0.6 is 23.2 Å². The van der Waals surface area contributed by atoms with Crippen LogP contribution in [0.25, 0.3) is 16.8 Å². The van der Waals surface area contributed by atoms with Crippen molar-refractivity contribution in [3.8, 4) is 11.1 Å². The largest absolute Gasteiger partial charge is 0.306 e. The van der Waals surface area contributed by atoms with E-state index in [0.717, 1.165) is 23.2 Å². The van der Waals surface area contributed by atoms with E-state index in [0.29, 0.717) is 10.0 Å². The predicted octanol–water partition coefficient (Wildman–Crippen LogP) is 4.87. The second-order valence-corrected chi connectivity index (χ2v) is 5.23. The van der Waals surface area contributed by atoms with Crippen LogP contribution in [-0.4, -0.2) is 9.38 Å². The molecule has 0 bridgehead atoms. The molecule has 19 heavy (non-hydrogen) atoms. The third-order valence-corrected chi connectivity index (χ3v) is 3.77. The first-order chi connectivity index (χ1) is 9.19. The van der Waals surface area contributed by atoms with Crippen molar-refractivity contribution in [2.45, 2.75) is 13.3 Å². The van der Waals surface area contributed by atoms with E-state index in [1.54, 1.807) is 12.3 Å². The summed E-state index contributed by atoms with van der Waals surface area (Å²) in [6, 6.07) is 7.69. The van der Waals surface area contributed by atoms with Gasteiger partial charge in [0.25, 0.3) is 0 Å². The second-order valence-electron chi connectivity index (χ2n) is 4.38. The molecule has 0 saturated carbocycles. The number of hydrogen-bond acceptors (Lipinski definition) is 1. The van der Waals surface area contributed by atoms with Crippen LogP contribution in [0.4, 0.5) is 0 Å². The fraction of sp³-hybridized carbons (Fsp3) is 0.133. The van der Waals surface area contributed by atoms with Crippen LogP contribution in [0.5, 0.6) is 0 Å². The molecule has 0 N–H and O–H groups in total. The molecule has 3 rings (SSSR count). The smallest absolute Gasteiger partial charge is 0.136 e. The fourth-order valence-electron chi connectivity index (χ4n) is 2.24. The number of fused-ring (bicyclic) bond motifs is 1. The Bertz CT molecular complexity index is 747. The molecule has 2 heterocycles. The number of imidazole rings is 1. The lowest BCUT2D eigenvalue weighted by molar-refractivity contribution is 1.10. The molecule has 2 nitrogen and oxygen atoms in total. The molecule has 3 aromatic rings. The molecule has 0 aliphatic carbocycles. The highest BCUT2D eigenvalue weighted by Gasteiger charge is 2.10. The van der Waals surface area contributed by atoms with Gasteiger partial charge < -0.3 is 4.40 Å². The van der Waals surface area contributed by atoms with Crippen LogP contribution in [0.2, 0.25) is 10.0 Å². The summed E-state index contributed by atoms with van der Waals surface area (Å²) in [7, 11) is 0. The minimum atomic E-state index is 0.649. The van der Waals surface area contributed by atoms with Crippen LogP contribution in [0.15, 0.2) is 42.9 Å². The van der Waals surface area contributed by atoms with Crippen molar-refractivity contribution < 1.29 is 0 Å². The number of aryl methyl sites for hydroxylation is 1. The maximum Gasteiger partial charge on any atom is 0.136 e. The van der Waals surface area contributed by atoms with Gasteiger partial charge in [0.15, 0.2) is 0 Å². The SMILES string of the molecule is CCc1cc2nccn2cc1-c1ccc(Cl)cc1Cl. The molecule has 2 aromatic heterocycles. The van der Waals surface area contributed by atoms with Crippen LogP contribution in [0, 0.1) is 0 Å². The molecule has 0 saturated heterocycles. The molecule has 0 atom stereocenters. The van der Waals surface area contributed by atoms with Gasteiger partial charge in [0.2, 0.25) is 0 Å². The average molecular weight is 291 g/mol. The summed E-state index contributed by atoms with van der Waals surface area (Å²) in [4.78, 5) is 4.31. The zero-order chi connectivity index (χ0) is 13.4. The first-order valence-electron chi connectivity index (χ1n) is 6.10. The Morgan fingerprint density at radius 2 is 2.00 bits per heavy atom. The van der Waals surface area contributed by atoms with Crippen molar-refractivity contribution in [3.63, 3.8) is 0 Å². The average Bonchev–Trinajstić information content (AvgIpc) is 2.84. The highest BCUT2D eigenvalue weighted by Crippen LogP contribution is 2.33. The number of aromatic nitrogens is 2.